The predicted molar refractivity (Wildman–Crippen MR) is 109 cm³/mol. The van der Waals surface area contributed by atoms with Crippen LogP contribution < -0.4 is 5.73 Å². The van der Waals surface area contributed by atoms with Crippen molar-refractivity contribution in [3.05, 3.63) is 33.7 Å². The topological polar surface area (TPSA) is 66.6 Å². The van der Waals surface area contributed by atoms with Gasteiger partial charge in [-0.25, -0.2) is 0 Å². The van der Waals surface area contributed by atoms with Crippen LogP contribution >= 0.6 is 22.9 Å². The molecular weight excluding hydrogens is 382 g/mol. The van der Waals surface area contributed by atoms with Gasteiger partial charge >= 0.3 is 0 Å². The van der Waals surface area contributed by atoms with Crippen molar-refractivity contribution in [1.82, 2.24) is 9.80 Å². The van der Waals surface area contributed by atoms with Gasteiger partial charge in [0.25, 0.3) is 5.91 Å². The van der Waals surface area contributed by atoms with E-state index in [1.165, 1.54) is 11.3 Å². The summed E-state index contributed by atoms with van der Waals surface area (Å²) in [6.07, 6.45) is 3.61. The zero-order chi connectivity index (χ0) is 19.1. The van der Waals surface area contributed by atoms with E-state index >= 15 is 0 Å². The van der Waals surface area contributed by atoms with Gasteiger partial charge in [-0.2, -0.15) is 0 Å². The second-order valence-corrected chi connectivity index (χ2v) is 9.00. The van der Waals surface area contributed by atoms with Gasteiger partial charge in [0.2, 0.25) is 5.91 Å². The van der Waals surface area contributed by atoms with Gasteiger partial charge in [0.05, 0.1) is 11.1 Å². The van der Waals surface area contributed by atoms with Gasteiger partial charge in [0, 0.05) is 29.2 Å². The first-order valence-electron chi connectivity index (χ1n) is 9.48. The van der Waals surface area contributed by atoms with Crippen LogP contribution in [0, 0.1) is 6.92 Å². The molecule has 27 heavy (non-hydrogen) atoms. The Morgan fingerprint density at radius 3 is 2.63 bits per heavy atom. The standard InChI is InChI=1S/C20H24ClN3O2S/c1-12-4-5-14-16(11-12)27-18(17(14)21)20(26)23-9-6-13(7-10-23)24-8-2-3-15(24)19(22)25/h4-5,11,13,15H,2-3,6-10H2,1H3,(H2,22,25). The van der Waals surface area contributed by atoms with Crippen LogP contribution in [0.15, 0.2) is 18.2 Å². The van der Waals surface area contributed by atoms with E-state index in [1.54, 1.807) is 0 Å². The number of carbonyl (C=O) groups is 2. The molecule has 0 spiro atoms. The van der Waals surface area contributed by atoms with E-state index in [1.807, 2.05) is 24.0 Å². The average Bonchev–Trinajstić information content (AvgIpc) is 3.26. The van der Waals surface area contributed by atoms with E-state index in [4.69, 9.17) is 17.3 Å². The predicted octanol–water partition coefficient (Wildman–Crippen LogP) is 3.42. The molecule has 2 saturated heterocycles. The number of amides is 2. The summed E-state index contributed by atoms with van der Waals surface area (Å²) >= 11 is 7.99. The van der Waals surface area contributed by atoms with Crippen molar-refractivity contribution in [3.63, 3.8) is 0 Å². The molecule has 3 heterocycles. The van der Waals surface area contributed by atoms with Gasteiger partial charge in [-0.05, 0) is 50.8 Å². The normalized spacial score (nSPS) is 21.9. The fraction of sp³-hybridized carbons (Fsp3) is 0.500. The van der Waals surface area contributed by atoms with Crippen molar-refractivity contribution in [2.75, 3.05) is 19.6 Å². The molecule has 0 aliphatic carbocycles. The molecule has 0 saturated carbocycles. The van der Waals surface area contributed by atoms with Crippen LogP contribution in [0.1, 0.15) is 40.9 Å². The number of nitrogens with two attached hydrogens (primary N) is 1. The second kappa shape index (κ2) is 7.41. The Kier molecular flexibility index (Phi) is 5.14. The molecule has 2 aromatic rings. The summed E-state index contributed by atoms with van der Waals surface area (Å²) < 4.78 is 1.06. The number of fused-ring (bicyclic) bond motifs is 1. The molecule has 2 amide bonds. The molecule has 7 heteroatoms. The quantitative estimate of drug-likeness (QED) is 0.850. The third-order valence-electron chi connectivity index (χ3n) is 5.82. The molecular formula is C20H24ClN3O2S. The van der Waals surface area contributed by atoms with Crippen LogP contribution in [0.25, 0.3) is 10.1 Å². The number of carbonyl (C=O) groups excluding carboxylic acids is 2. The van der Waals surface area contributed by atoms with Crippen LogP contribution in [0.2, 0.25) is 5.02 Å². The van der Waals surface area contributed by atoms with Gasteiger partial charge in [-0.1, -0.05) is 23.7 Å². The highest BCUT2D eigenvalue weighted by Gasteiger charge is 2.36. The van der Waals surface area contributed by atoms with Gasteiger partial charge in [-0.3, -0.25) is 14.5 Å². The van der Waals surface area contributed by atoms with Crippen molar-refractivity contribution < 1.29 is 9.59 Å². The zero-order valence-corrected chi connectivity index (χ0v) is 17.0. The highest BCUT2D eigenvalue weighted by Crippen LogP contribution is 2.37. The lowest BCUT2D eigenvalue weighted by molar-refractivity contribution is -0.123. The molecule has 1 unspecified atom stereocenters. The van der Waals surface area contributed by atoms with E-state index < -0.39 is 0 Å². The summed E-state index contributed by atoms with van der Waals surface area (Å²) in [6.45, 7) is 4.34. The van der Waals surface area contributed by atoms with Gasteiger partial charge in [0.1, 0.15) is 4.88 Å². The summed E-state index contributed by atoms with van der Waals surface area (Å²) in [5.41, 5.74) is 6.71. The van der Waals surface area contributed by atoms with Crippen molar-refractivity contribution in [3.8, 4) is 0 Å². The summed E-state index contributed by atoms with van der Waals surface area (Å²) in [5, 5.41) is 1.52. The van der Waals surface area contributed by atoms with Crippen LogP contribution in [-0.4, -0.2) is 53.3 Å². The number of benzene rings is 1. The summed E-state index contributed by atoms with van der Waals surface area (Å²) in [7, 11) is 0. The number of halogens is 1. The first-order chi connectivity index (χ1) is 13.0. The fourth-order valence-electron chi connectivity index (χ4n) is 4.39. The minimum atomic E-state index is -0.224. The average molecular weight is 406 g/mol. The van der Waals surface area contributed by atoms with Crippen molar-refractivity contribution in [2.45, 2.75) is 44.7 Å². The largest absolute Gasteiger partial charge is 0.368 e. The Morgan fingerprint density at radius 2 is 1.93 bits per heavy atom. The monoisotopic (exact) mass is 405 g/mol. The first-order valence-corrected chi connectivity index (χ1v) is 10.7. The van der Waals surface area contributed by atoms with Crippen molar-refractivity contribution >= 4 is 44.8 Å². The van der Waals surface area contributed by atoms with E-state index in [9.17, 15) is 9.59 Å². The zero-order valence-electron chi connectivity index (χ0n) is 15.4. The smallest absolute Gasteiger partial charge is 0.265 e. The van der Waals surface area contributed by atoms with Gasteiger partial charge < -0.3 is 10.6 Å². The number of thiophene rings is 1. The maximum absolute atomic E-state index is 13.0. The molecule has 1 aromatic heterocycles. The molecule has 2 aliphatic heterocycles. The number of primary amides is 1. The van der Waals surface area contributed by atoms with Crippen molar-refractivity contribution in [1.29, 1.82) is 0 Å². The Labute approximate surface area is 168 Å². The Morgan fingerprint density at radius 1 is 1.19 bits per heavy atom. The lowest BCUT2D eigenvalue weighted by atomic mass is 10.0. The maximum Gasteiger partial charge on any atom is 0.265 e. The third-order valence-corrected chi connectivity index (χ3v) is 7.47. The Hall–Kier alpha value is -1.63. The molecule has 144 valence electrons. The molecule has 1 aromatic carbocycles. The minimum Gasteiger partial charge on any atom is -0.368 e. The molecule has 4 rings (SSSR count). The molecule has 2 N–H and O–H groups in total. The van der Waals surface area contributed by atoms with Gasteiger partial charge in [0.15, 0.2) is 0 Å². The number of likely N-dealkylation sites (tertiary alicyclic amines) is 2. The number of nitrogens with zero attached hydrogens (tertiary/aromatic N) is 2. The van der Waals surface area contributed by atoms with E-state index in [0.29, 0.717) is 29.0 Å². The highest BCUT2D eigenvalue weighted by molar-refractivity contribution is 7.21. The van der Waals surface area contributed by atoms with Crippen LogP contribution in [-0.2, 0) is 4.79 Å². The summed E-state index contributed by atoms with van der Waals surface area (Å²) in [6, 6.07) is 6.27. The molecule has 1 atom stereocenters. The first kappa shape index (κ1) is 18.7. The Balaban J connectivity index is 1.46. The van der Waals surface area contributed by atoms with E-state index in [0.717, 1.165) is 47.9 Å². The molecule has 0 radical (unpaired) electrons. The second-order valence-electron chi connectivity index (χ2n) is 7.57. The lowest BCUT2D eigenvalue weighted by Crippen LogP contribution is -2.51. The summed E-state index contributed by atoms with van der Waals surface area (Å²) in [4.78, 5) is 29.5. The van der Waals surface area contributed by atoms with Gasteiger partial charge in [-0.15, -0.1) is 11.3 Å². The van der Waals surface area contributed by atoms with Crippen LogP contribution in [0.5, 0.6) is 0 Å². The Bertz CT molecular complexity index is 889. The van der Waals surface area contributed by atoms with E-state index in [2.05, 4.69) is 11.0 Å². The number of hydrogen-bond acceptors (Lipinski definition) is 4. The molecule has 2 fully saturated rings. The fourth-order valence-corrected chi connectivity index (χ4v) is 5.96. The SMILES string of the molecule is Cc1ccc2c(Cl)c(C(=O)N3CCC(N4CCCC4C(N)=O)CC3)sc2c1. The minimum absolute atomic E-state index is 0.0187. The summed E-state index contributed by atoms with van der Waals surface area (Å²) in [5.74, 6) is -0.205. The molecule has 0 bridgehead atoms. The van der Waals surface area contributed by atoms with Crippen molar-refractivity contribution in [2.24, 2.45) is 5.73 Å². The van der Waals surface area contributed by atoms with E-state index in [-0.39, 0.29) is 17.9 Å². The van der Waals surface area contributed by atoms with Crippen LogP contribution in [0.4, 0.5) is 0 Å². The number of hydrogen-bond donors (Lipinski definition) is 1. The van der Waals surface area contributed by atoms with Crippen LogP contribution in [0.3, 0.4) is 0 Å². The third kappa shape index (κ3) is 3.46. The molecule has 5 nitrogen and oxygen atoms in total. The number of piperidine rings is 1. The maximum atomic E-state index is 13.0. The number of rotatable bonds is 3. The molecule has 2 aliphatic rings. The number of aryl methyl sites for hydroxylation is 1. The lowest BCUT2D eigenvalue weighted by Gasteiger charge is -2.38. The highest BCUT2D eigenvalue weighted by atomic mass is 35.5.